The van der Waals surface area contributed by atoms with Crippen molar-refractivity contribution in [2.24, 2.45) is 0 Å². The van der Waals surface area contributed by atoms with Crippen LogP contribution in [0.25, 0.3) is 21.5 Å². The van der Waals surface area contributed by atoms with Gasteiger partial charge in [0.1, 0.15) is 22.2 Å². The average molecular weight is 599 g/mol. The molecule has 0 bridgehead atoms. The highest BCUT2D eigenvalue weighted by Gasteiger charge is 2.27. The van der Waals surface area contributed by atoms with Gasteiger partial charge in [0, 0.05) is 40.7 Å². The number of pyridine rings is 1. The molecular weight excluding hydrogens is 579 g/mol. The van der Waals surface area contributed by atoms with Gasteiger partial charge in [-0.05, 0) is 48.5 Å². The number of fused-ring (bicyclic) bond motifs is 1. The standard InChI is InChI=1S/C27H18F3N5O4S2/c1-13(36)34-26(31)22-8-7-21(40-22)14-9-17-18(12-33-27(17)32-11-14)25(37)23-19(29)5-6-20(24(23)30)35-41(38,39)16-4-2-3-15(28)10-16/h2-12,35H,1H3,(H,32,33)(H2,31,34,36)/p+1. The van der Waals surface area contributed by atoms with Crippen molar-refractivity contribution < 1.29 is 36.6 Å². The Balaban J connectivity index is 1.50. The topological polar surface area (TPSA) is 147 Å². The third-order valence-electron chi connectivity index (χ3n) is 5.91. The summed E-state index contributed by atoms with van der Waals surface area (Å²) in [6, 6.07) is 10.6. The number of carbonyl (C=O) groups is 2. The summed E-state index contributed by atoms with van der Waals surface area (Å²) in [5, 5.41) is 8.67. The van der Waals surface area contributed by atoms with Crippen LogP contribution in [0.15, 0.2) is 71.9 Å². The smallest absolute Gasteiger partial charge is 0.304 e. The van der Waals surface area contributed by atoms with Gasteiger partial charge >= 0.3 is 5.91 Å². The van der Waals surface area contributed by atoms with Gasteiger partial charge in [0.2, 0.25) is 5.78 Å². The number of sulfonamides is 1. The lowest BCUT2D eigenvalue weighted by Gasteiger charge is -2.12. The highest BCUT2D eigenvalue weighted by Crippen LogP contribution is 2.32. The Morgan fingerprint density at radius 3 is 2.56 bits per heavy atom. The number of nitrogens with two attached hydrogens (primary N) is 1. The van der Waals surface area contributed by atoms with Crippen molar-refractivity contribution >= 4 is 55.6 Å². The van der Waals surface area contributed by atoms with Crippen molar-refractivity contribution in [1.82, 2.24) is 15.3 Å². The number of aromatic nitrogens is 2. The summed E-state index contributed by atoms with van der Waals surface area (Å²) < 4.78 is 71.2. The van der Waals surface area contributed by atoms with Gasteiger partial charge in [-0.15, -0.1) is 11.3 Å². The van der Waals surface area contributed by atoms with Gasteiger partial charge in [0.05, 0.1) is 16.1 Å². The molecule has 0 saturated carbocycles. The van der Waals surface area contributed by atoms with Crippen LogP contribution in [-0.2, 0) is 14.8 Å². The zero-order chi connectivity index (χ0) is 29.5. The molecule has 0 aliphatic heterocycles. The molecule has 5 rings (SSSR count). The predicted octanol–water partition coefficient (Wildman–Crippen LogP) is 3.38. The lowest BCUT2D eigenvalue weighted by atomic mass is 10.0. The van der Waals surface area contributed by atoms with Gasteiger partial charge < -0.3 is 4.98 Å². The molecular formula is C27H19F3N5O4S2+. The average Bonchev–Trinajstić information content (AvgIpc) is 3.57. The van der Waals surface area contributed by atoms with Crippen molar-refractivity contribution in [3.8, 4) is 10.4 Å². The number of carbonyl (C=O) groups excluding carboxylic acids is 2. The maximum atomic E-state index is 15.5. The van der Waals surface area contributed by atoms with Crippen LogP contribution in [0.5, 0.6) is 0 Å². The number of amides is 1. The summed E-state index contributed by atoms with van der Waals surface area (Å²) in [6.07, 6.45) is 2.77. The van der Waals surface area contributed by atoms with E-state index < -0.39 is 49.4 Å². The fourth-order valence-electron chi connectivity index (χ4n) is 4.03. The summed E-state index contributed by atoms with van der Waals surface area (Å²) in [5.41, 5.74) is -0.973. The molecule has 0 radical (unpaired) electrons. The summed E-state index contributed by atoms with van der Waals surface area (Å²) >= 11 is 1.25. The second-order valence-electron chi connectivity index (χ2n) is 8.76. The lowest BCUT2D eigenvalue weighted by molar-refractivity contribution is -0.126. The zero-order valence-corrected chi connectivity index (χ0v) is 22.6. The number of nitrogens with zero attached hydrogens (tertiary/aromatic N) is 1. The number of thiophene rings is 1. The molecule has 5 N–H and O–H groups in total. The van der Waals surface area contributed by atoms with Crippen LogP contribution in [0, 0.1) is 17.5 Å². The van der Waals surface area contributed by atoms with Gasteiger partial charge in [0.25, 0.3) is 15.9 Å². The number of hydrogen-bond donors (Lipinski definition) is 4. The maximum Gasteiger partial charge on any atom is 0.304 e. The molecule has 0 fully saturated rings. The van der Waals surface area contributed by atoms with Gasteiger partial charge in [-0.2, -0.15) is 0 Å². The van der Waals surface area contributed by atoms with E-state index in [9.17, 15) is 26.8 Å². The summed E-state index contributed by atoms with van der Waals surface area (Å²) in [5.74, 6) is -4.72. The molecule has 9 nitrogen and oxygen atoms in total. The minimum Gasteiger partial charge on any atom is -0.345 e. The Morgan fingerprint density at radius 2 is 1.83 bits per heavy atom. The first kappa shape index (κ1) is 27.7. The molecule has 14 heteroatoms. The fraction of sp³-hybridized carbons (Fsp3) is 0.0370. The normalized spacial score (nSPS) is 11.4. The van der Waals surface area contributed by atoms with Crippen molar-refractivity contribution in [1.29, 1.82) is 0 Å². The van der Waals surface area contributed by atoms with Crippen LogP contribution in [0.4, 0.5) is 18.9 Å². The van der Waals surface area contributed by atoms with Crippen LogP contribution in [0.3, 0.4) is 0 Å². The summed E-state index contributed by atoms with van der Waals surface area (Å²) in [4.78, 5) is 32.6. The van der Waals surface area contributed by atoms with Crippen LogP contribution < -0.4 is 15.4 Å². The Kier molecular flexibility index (Phi) is 7.19. The van der Waals surface area contributed by atoms with Crippen LogP contribution in [-0.4, -0.2) is 35.9 Å². The van der Waals surface area contributed by atoms with E-state index in [0.717, 1.165) is 36.4 Å². The van der Waals surface area contributed by atoms with Crippen molar-refractivity contribution in [3.05, 3.63) is 100 Å². The molecule has 2 aromatic carbocycles. The number of aromatic amines is 1. The molecule has 1 amide bonds. The quantitative estimate of drug-likeness (QED) is 0.129. The second-order valence-corrected chi connectivity index (χ2v) is 11.5. The minimum absolute atomic E-state index is 0.113. The molecule has 0 spiro atoms. The van der Waals surface area contributed by atoms with Crippen molar-refractivity contribution in [2.75, 3.05) is 4.72 Å². The first-order valence-corrected chi connectivity index (χ1v) is 14.0. The number of H-pyrrole nitrogens is 1. The summed E-state index contributed by atoms with van der Waals surface area (Å²) in [7, 11) is -4.46. The van der Waals surface area contributed by atoms with Gasteiger partial charge in [0.15, 0.2) is 5.82 Å². The second kappa shape index (κ2) is 10.6. The molecule has 0 aliphatic rings. The Bertz CT molecular complexity index is 1990. The highest BCUT2D eigenvalue weighted by molar-refractivity contribution is 7.92. The largest absolute Gasteiger partial charge is 0.345 e. The number of nitrogens with one attached hydrogen (secondary N) is 3. The number of halogens is 3. The fourth-order valence-corrected chi connectivity index (χ4v) is 6.02. The number of hydrogen-bond acceptors (Lipinski definition) is 6. The molecule has 0 unspecified atom stereocenters. The third kappa shape index (κ3) is 5.47. The van der Waals surface area contributed by atoms with E-state index in [4.69, 9.17) is 5.41 Å². The Hall–Kier alpha value is -4.82. The molecule has 41 heavy (non-hydrogen) atoms. The van der Waals surface area contributed by atoms with Crippen LogP contribution in [0.2, 0.25) is 0 Å². The molecule has 0 aliphatic carbocycles. The van der Waals surface area contributed by atoms with Crippen LogP contribution >= 0.6 is 11.3 Å². The molecule has 3 aromatic heterocycles. The monoisotopic (exact) mass is 598 g/mol. The number of anilines is 1. The summed E-state index contributed by atoms with van der Waals surface area (Å²) in [6.45, 7) is 1.32. The molecule has 3 heterocycles. The van der Waals surface area contributed by atoms with E-state index >= 15 is 4.39 Å². The highest BCUT2D eigenvalue weighted by atomic mass is 32.2. The Labute approximate surface area is 234 Å². The zero-order valence-electron chi connectivity index (χ0n) is 21.0. The van der Waals surface area contributed by atoms with E-state index in [1.807, 2.05) is 4.72 Å². The van der Waals surface area contributed by atoms with E-state index in [1.54, 1.807) is 18.2 Å². The van der Waals surface area contributed by atoms with Crippen molar-refractivity contribution in [2.45, 2.75) is 11.8 Å². The maximum absolute atomic E-state index is 15.5. The minimum atomic E-state index is -4.46. The number of ketones is 1. The van der Waals surface area contributed by atoms with Gasteiger partial charge in [-0.1, -0.05) is 6.07 Å². The Morgan fingerprint density at radius 1 is 1.05 bits per heavy atom. The first-order chi connectivity index (χ1) is 19.4. The molecule has 0 saturated heterocycles. The SMILES string of the molecule is CC(=O)NC(=[NH2+])c1ccc(-c2cnc3[nH]cc(C(=O)c4c(F)ccc(NS(=O)(=O)c5cccc(F)c5)c4F)c3c2)s1. The number of amidine groups is 1. The van der Waals surface area contributed by atoms with E-state index in [2.05, 4.69) is 15.3 Å². The third-order valence-corrected chi connectivity index (χ3v) is 8.44. The first-order valence-electron chi connectivity index (χ1n) is 11.7. The van der Waals surface area contributed by atoms with Gasteiger partial charge in [-0.25, -0.2) is 36.7 Å². The number of rotatable bonds is 7. The van der Waals surface area contributed by atoms with Crippen LogP contribution in [0.1, 0.15) is 27.7 Å². The van der Waals surface area contributed by atoms with E-state index in [0.29, 0.717) is 15.3 Å². The number of benzene rings is 2. The lowest BCUT2D eigenvalue weighted by Crippen LogP contribution is -2.50. The molecule has 5 aromatic rings. The van der Waals surface area contributed by atoms with Crippen molar-refractivity contribution in [3.63, 3.8) is 0 Å². The van der Waals surface area contributed by atoms with Gasteiger partial charge in [-0.3, -0.25) is 14.9 Å². The molecule has 208 valence electrons. The predicted molar refractivity (Wildman–Crippen MR) is 146 cm³/mol. The van der Waals surface area contributed by atoms with E-state index in [1.165, 1.54) is 30.7 Å². The van der Waals surface area contributed by atoms with E-state index in [-0.39, 0.29) is 28.3 Å². The molecule has 0 atom stereocenters.